The number of hydrogen-bond donors (Lipinski definition) is 2. The van der Waals surface area contributed by atoms with Gasteiger partial charge in [0.25, 0.3) is 23.2 Å². The molecule has 11 nitrogen and oxygen atoms in total. The number of non-ortho nitro benzene ring substituents is 2. The maximum Gasteiger partial charge on any atom is 0.277 e. The molecule has 0 saturated heterocycles. The first-order chi connectivity index (χ1) is 17.5. The van der Waals surface area contributed by atoms with Crippen molar-refractivity contribution in [2.45, 2.75) is 25.8 Å². The number of rotatable bonds is 6. The molecule has 0 aliphatic carbocycles. The van der Waals surface area contributed by atoms with Crippen molar-refractivity contribution in [2.24, 2.45) is 4.99 Å². The van der Waals surface area contributed by atoms with Crippen LogP contribution in [0.5, 0.6) is 0 Å². The lowest BCUT2D eigenvalue weighted by molar-refractivity contribution is -0.394. The number of nitro benzene ring substituents is 2. The molecule has 3 aromatic carbocycles. The molecule has 2 N–H and O–H groups in total. The number of aryl methyl sites for hydroxylation is 2. The average Bonchev–Trinajstić information content (AvgIpc) is 3.17. The predicted octanol–water partition coefficient (Wildman–Crippen LogP) is 4.13. The number of guanidine groups is 1. The lowest BCUT2D eigenvalue weighted by Gasteiger charge is -2.25. The van der Waals surface area contributed by atoms with E-state index < -0.39 is 38.6 Å². The minimum Gasteiger partial charge on any atom is -0.294 e. The van der Waals surface area contributed by atoms with Gasteiger partial charge in [0.1, 0.15) is 0 Å². The number of nitrogens with one attached hydrogen (secondary N) is 2. The van der Waals surface area contributed by atoms with Crippen molar-refractivity contribution in [3.05, 3.63) is 114 Å². The number of benzene rings is 3. The van der Waals surface area contributed by atoms with Crippen LogP contribution < -0.4 is 10.6 Å². The summed E-state index contributed by atoms with van der Waals surface area (Å²) in [6, 6.07) is 15.0. The molecule has 0 spiro atoms. The molecule has 1 unspecified atom stereocenters. The van der Waals surface area contributed by atoms with Gasteiger partial charge in [-0.2, -0.15) is 0 Å². The molecule has 0 radical (unpaired) electrons. The lowest BCUT2D eigenvalue weighted by atomic mass is 9.83. The standard InChI is InChI=1S/C25H20ClN5O6/c1-14-7-8-18(9-15(14)2)25(13-16-5-3-4-6-21(16)26)23(33)28-24(29-25)27-22(32)17-10-19(30(34)35)12-20(11-17)31(36)37/h3-12H,13H2,1-2H3,(H2,27,28,29,32,33). The summed E-state index contributed by atoms with van der Waals surface area (Å²) in [7, 11) is 0. The highest BCUT2D eigenvalue weighted by molar-refractivity contribution is 6.31. The monoisotopic (exact) mass is 521 g/mol. The van der Waals surface area contributed by atoms with Crippen LogP contribution in [0.15, 0.2) is 65.7 Å². The highest BCUT2D eigenvalue weighted by Gasteiger charge is 2.46. The van der Waals surface area contributed by atoms with Crippen LogP contribution in [0, 0.1) is 34.1 Å². The van der Waals surface area contributed by atoms with Gasteiger partial charge in [0, 0.05) is 23.6 Å². The largest absolute Gasteiger partial charge is 0.294 e. The number of aliphatic imine (C=N–C) groups is 1. The second-order valence-electron chi connectivity index (χ2n) is 8.55. The Morgan fingerprint density at radius 3 is 2.24 bits per heavy atom. The van der Waals surface area contributed by atoms with E-state index in [1.807, 2.05) is 26.0 Å². The first-order valence-electron chi connectivity index (χ1n) is 11.0. The second-order valence-corrected chi connectivity index (χ2v) is 8.96. The van der Waals surface area contributed by atoms with Crippen LogP contribution in [0.4, 0.5) is 11.4 Å². The van der Waals surface area contributed by atoms with Crippen molar-refractivity contribution in [3.8, 4) is 0 Å². The molecule has 1 aliphatic rings. The van der Waals surface area contributed by atoms with E-state index in [2.05, 4.69) is 15.6 Å². The van der Waals surface area contributed by atoms with E-state index in [9.17, 15) is 29.8 Å². The number of halogens is 1. The Bertz CT molecular complexity index is 1470. The summed E-state index contributed by atoms with van der Waals surface area (Å²) in [5.74, 6) is -1.63. The highest BCUT2D eigenvalue weighted by Crippen LogP contribution is 2.36. The van der Waals surface area contributed by atoms with E-state index in [0.29, 0.717) is 16.1 Å². The highest BCUT2D eigenvalue weighted by atomic mass is 35.5. The summed E-state index contributed by atoms with van der Waals surface area (Å²) >= 11 is 6.38. The quantitative estimate of drug-likeness (QED) is 0.367. The number of hydrogen-bond acceptors (Lipinski definition) is 7. The molecule has 188 valence electrons. The Hall–Kier alpha value is -4.64. The minimum atomic E-state index is -1.47. The maximum absolute atomic E-state index is 13.4. The zero-order valence-corrected chi connectivity index (χ0v) is 20.4. The fourth-order valence-electron chi connectivity index (χ4n) is 3.99. The molecule has 0 bridgehead atoms. The summed E-state index contributed by atoms with van der Waals surface area (Å²) in [6.45, 7) is 3.83. The van der Waals surface area contributed by atoms with Crippen LogP contribution in [0.25, 0.3) is 0 Å². The average molecular weight is 522 g/mol. The van der Waals surface area contributed by atoms with Crippen molar-refractivity contribution < 1.29 is 19.4 Å². The first-order valence-corrected chi connectivity index (χ1v) is 11.4. The van der Waals surface area contributed by atoms with Crippen LogP contribution in [-0.4, -0.2) is 27.6 Å². The van der Waals surface area contributed by atoms with E-state index in [1.165, 1.54) is 0 Å². The van der Waals surface area contributed by atoms with Gasteiger partial charge in [-0.25, -0.2) is 4.99 Å². The molecule has 0 fully saturated rings. The van der Waals surface area contributed by atoms with Crippen molar-refractivity contribution in [1.29, 1.82) is 0 Å². The van der Waals surface area contributed by atoms with Crippen LogP contribution in [0.2, 0.25) is 5.02 Å². The second kappa shape index (κ2) is 9.78. The van der Waals surface area contributed by atoms with E-state index in [-0.39, 0.29) is 17.9 Å². The van der Waals surface area contributed by atoms with E-state index >= 15 is 0 Å². The van der Waals surface area contributed by atoms with Gasteiger partial charge in [-0.3, -0.25) is 40.5 Å². The maximum atomic E-state index is 13.4. The molecule has 4 rings (SSSR count). The molecular weight excluding hydrogens is 502 g/mol. The zero-order chi connectivity index (χ0) is 26.9. The Morgan fingerprint density at radius 2 is 1.65 bits per heavy atom. The zero-order valence-electron chi connectivity index (χ0n) is 19.6. The number of carbonyl (C=O) groups excluding carboxylic acids is 2. The van der Waals surface area contributed by atoms with Gasteiger partial charge >= 0.3 is 0 Å². The third kappa shape index (κ3) is 5.02. The van der Waals surface area contributed by atoms with Gasteiger partial charge in [0.15, 0.2) is 5.54 Å². The first kappa shape index (κ1) is 25.5. The summed E-state index contributed by atoms with van der Waals surface area (Å²) < 4.78 is 0. The molecule has 1 atom stereocenters. The molecule has 3 aromatic rings. The van der Waals surface area contributed by atoms with Crippen molar-refractivity contribution >= 4 is 40.7 Å². The molecule has 1 aliphatic heterocycles. The van der Waals surface area contributed by atoms with E-state index in [4.69, 9.17) is 11.6 Å². The van der Waals surface area contributed by atoms with Gasteiger partial charge in [0.05, 0.1) is 21.5 Å². The van der Waals surface area contributed by atoms with Crippen LogP contribution in [0.1, 0.15) is 32.6 Å². The Morgan fingerprint density at radius 1 is 1.00 bits per heavy atom. The normalized spacial score (nSPS) is 16.6. The SMILES string of the molecule is Cc1ccc(C2(Cc3ccccc3Cl)N=C(NC(=O)c3cc([N+](=O)[O-])cc([N+](=O)[O-])c3)NC2=O)cc1C. The fourth-order valence-corrected chi connectivity index (χ4v) is 4.19. The Balaban J connectivity index is 1.75. The van der Waals surface area contributed by atoms with Gasteiger partial charge in [-0.05, 0) is 42.2 Å². The molecule has 0 saturated carbocycles. The van der Waals surface area contributed by atoms with Gasteiger partial charge < -0.3 is 0 Å². The topological polar surface area (TPSA) is 157 Å². The smallest absolute Gasteiger partial charge is 0.277 e. The summed E-state index contributed by atoms with van der Waals surface area (Å²) in [4.78, 5) is 51.6. The molecule has 37 heavy (non-hydrogen) atoms. The van der Waals surface area contributed by atoms with Crippen molar-refractivity contribution in [2.75, 3.05) is 0 Å². The number of nitro groups is 2. The number of carbonyl (C=O) groups is 2. The molecule has 12 heteroatoms. The Labute approximate surface area is 215 Å². The van der Waals surface area contributed by atoms with Crippen molar-refractivity contribution in [3.63, 3.8) is 0 Å². The molecule has 0 aromatic heterocycles. The summed E-state index contributed by atoms with van der Waals surface area (Å²) in [5.41, 5.74) is 0.111. The minimum absolute atomic E-state index is 0.0860. The molecular formula is C25H20ClN5O6. The van der Waals surface area contributed by atoms with Crippen LogP contribution >= 0.6 is 11.6 Å². The van der Waals surface area contributed by atoms with Gasteiger partial charge in [-0.1, -0.05) is 48.0 Å². The van der Waals surface area contributed by atoms with Gasteiger partial charge in [0.2, 0.25) is 5.96 Å². The lowest BCUT2D eigenvalue weighted by Crippen LogP contribution is -2.43. The fraction of sp³-hybridized carbons (Fsp3) is 0.160. The molecule has 2 amide bonds. The third-order valence-electron chi connectivity index (χ3n) is 6.12. The van der Waals surface area contributed by atoms with E-state index in [0.717, 1.165) is 29.3 Å². The summed E-state index contributed by atoms with van der Waals surface area (Å²) in [6.07, 6.45) is 0.0860. The predicted molar refractivity (Wildman–Crippen MR) is 136 cm³/mol. The molecule has 1 heterocycles. The number of nitrogens with zero attached hydrogens (tertiary/aromatic N) is 3. The van der Waals surface area contributed by atoms with Crippen LogP contribution in [0.3, 0.4) is 0 Å². The Kier molecular flexibility index (Phi) is 6.73. The van der Waals surface area contributed by atoms with Crippen molar-refractivity contribution in [1.82, 2.24) is 10.6 Å². The number of amides is 2. The van der Waals surface area contributed by atoms with Crippen LogP contribution in [-0.2, 0) is 16.8 Å². The van der Waals surface area contributed by atoms with Gasteiger partial charge in [-0.15, -0.1) is 0 Å². The third-order valence-corrected chi connectivity index (χ3v) is 6.49. The van der Waals surface area contributed by atoms with E-state index in [1.54, 1.807) is 30.3 Å². The summed E-state index contributed by atoms with van der Waals surface area (Å²) in [5, 5.41) is 27.8.